The summed E-state index contributed by atoms with van der Waals surface area (Å²) in [6.45, 7) is 2.85. The molecule has 0 atom stereocenters. The van der Waals surface area contributed by atoms with Gasteiger partial charge in [0.1, 0.15) is 11.6 Å². The second kappa shape index (κ2) is 5.39. The van der Waals surface area contributed by atoms with Crippen LogP contribution in [0.5, 0.6) is 0 Å². The molecule has 5 heteroatoms. The predicted octanol–water partition coefficient (Wildman–Crippen LogP) is 4.61. The van der Waals surface area contributed by atoms with Crippen molar-refractivity contribution in [2.24, 2.45) is 0 Å². The summed E-state index contributed by atoms with van der Waals surface area (Å²) in [5.41, 5.74) is 4.92. The highest BCUT2D eigenvalue weighted by Crippen LogP contribution is 2.35. The van der Waals surface area contributed by atoms with Gasteiger partial charge in [0.2, 0.25) is 0 Å². The Bertz CT molecular complexity index is 884. The molecular weight excluding hydrogens is 313 g/mol. The largest absolute Gasteiger partial charge is 0.369 e. The lowest BCUT2D eigenvalue weighted by atomic mass is 10.1. The zero-order valence-electron chi connectivity index (χ0n) is 12.6. The van der Waals surface area contributed by atoms with E-state index in [9.17, 15) is 4.39 Å². The van der Waals surface area contributed by atoms with Crippen molar-refractivity contribution in [1.82, 2.24) is 9.78 Å². The van der Waals surface area contributed by atoms with Gasteiger partial charge in [0.25, 0.3) is 0 Å². The lowest BCUT2D eigenvalue weighted by molar-refractivity contribution is 0.628. The Morgan fingerprint density at radius 1 is 1.17 bits per heavy atom. The molecule has 0 aliphatic carbocycles. The normalized spacial score (nSPS) is 13.0. The summed E-state index contributed by atoms with van der Waals surface area (Å²) < 4.78 is 15.1. The van der Waals surface area contributed by atoms with Crippen LogP contribution in [0.4, 0.5) is 10.2 Å². The highest BCUT2D eigenvalue weighted by molar-refractivity contribution is 6.31. The molecule has 4 rings (SSSR count). The molecule has 1 aromatic heterocycles. The second-order valence-electron chi connectivity index (χ2n) is 5.70. The number of rotatable bonds is 2. The van der Waals surface area contributed by atoms with E-state index in [0.717, 1.165) is 46.9 Å². The third-order valence-electron chi connectivity index (χ3n) is 4.17. The molecule has 116 valence electrons. The maximum atomic E-state index is 13.2. The van der Waals surface area contributed by atoms with E-state index in [0.29, 0.717) is 5.02 Å². The molecular formula is C18H15ClFN3. The highest BCUT2D eigenvalue weighted by Gasteiger charge is 2.24. The molecule has 0 saturated heterocycles. The first kappa shape index (κ1) is 14.3. The molecule has 0 fully saturated rings. The van der Waals surface area contributed by atoms with Crippen molar-refractivity contribution in [1.29, 1.82) is 0 Å². The number of hydrogen-bond donors (Lipinski definition) is 1. The fourth-order valence-electron chi connectivity index (χ4n) is 2.91. The Balaban J connectivity index is 1.87. The van der Waals surface area contributed by atoms with E-state index in [1.54, 1.807) is 12.1 Å². The molecule has 1 aliphatic rings. The van der Waals surface area contributed by atoms with Gasteiger partial charge >= 0.3 is 0 Å². The monoisotopic (exact) mass is 327 g/mol. The van der Waals surface area contributed by atoms with Crippen molar-refractivity contribution in [2.75, 3.05) is 11.9 Å². The molecule has 23 heavy (non-hydrogen) atoms. The van der Waals surface area contributed by atoms with Gasteiger partial charge in [-0.05, 0) is 55.3 Å². The van der Waals surface area contributed by atoms with Crippen LogP contribution in [0.1, 0.15) is 11.1 Å². The number of hydrogen-bond acceptors (Lipinski definition) is 2. The minimum Gasteiger partial charge on any atom is -0.369 e. The molecule has 3 aromatic rings. The lowest BCUT2D eigenvalue weighted by Crippen LogP contribution is -2.04. The fraction of sp³-hybridized carbons (Fsp3) is 0.167. The molecule has 2 aromatic carbocycles. The lowest BCUT2D eigenvalue weighted by Gasteiger charge is -2.08. The van der Waals surface area contributed by atoms with Gasteiger partial charge in [-0.25, -0.2) is 9.07 Å². The summed E-state index contributed by atoms with van der Waals surface area (Å²) in [6, 6.07) is 12.4. The van der Waals surface area contributed by atoms with Gasteiger partial charge in [-0.15, -0.1) is 0 Å². The number of nitrogens with one attached hydrogen (secondary N) is 1. The van der Waals surface area contributed by atoms with Crippen LogP contribution in [0.2, 0.25) is 5.02 Å². The van der Waals surface area contributed by atoms with Crippen LogP contribution in [-0.2, 0) is 6.42 Å². The summed E-state index contributed by atoms with van der Waals surface area (Å²) >= 11 is 6.25. The molecule has 0 saturated carbocycles. The minimum atomic E-state index is -0.242. The Morgan fingerprint density at radius 2 is 1.96 bits per heavy atom. The van der Waals surface area contributed by atoms with E-state index in [-0.39, 0.29) is 5.82 Å². The third-order valence-corrected chi connectivity index (χ3v) is 4.58. The van der Waals surface area contributed by atoms with Gasteiger partial charge in [-0.2, -0.15) is 5.10 Å². The number of halogens is 2. The van der Waals surface area contributed by atoms with Crippen molar-refractivity contribution in [3.63, 3.8) is 0 Å². The number of fused-ring (bicyclic) bond motifs is 1. The summed E-state index contributed by atoms with van der Waals surface area (Å²) in [6.07, 6.45) is 0.904. The molecule has 0 bridgehead atoms. The average Bonchev–Trinajstić information content (AvgIpc) is 3.13. The molecule has 0 radical (unpaired) electrons. The Labute approximate surface area is 138 Å². The van der Waals surface area contributed by atoms with Crippen molar-refractivity contribution in [3.8, 4) is 16.9 Å². The van der Waals surface area contributed by atoms with Gasteiger partial charge < -0.3 is 5.32 Å². The smallest absolute Gasteiger partial charge is 0.133 e. The van der Waals surface area contributed by atoms with E-state index in [1.807, 2.05) is 29.8 Å². The zero-order valence-corrected chi connectivity index (χ0v) is 13.4. The number of aryl methyl sites for hydroxylation is 1. The highest BCUT2D eigenvalue weighted by atomic mass is 35.5. The first-order valence-electron chi connectivity index (χ1n) is 7.52. The van der Waals surface area contributed by atoms with Crippen LogP contribution in [0, 0.1) is 12.7 Å². The van der Waals surface area contributed by atoms with E-state index in [2.05, 4.69) is 5.32 Å². The number of aromatic nitrogens is 2. The summed E-state index contributed by atoms with van der Waals surface area (Å²) in [5.74, 6) is 0.748. The second-order valence-corrected chi connectivity index (χ2v) is 6.11. The van der Waals surface area contributed by atoms with Crippen LogP contribution in [-0.4, -0.2) is 16.3 Å². The third kappa shape index (κ3) is 2.39. The molecule has 0 unspecified atom stereocenters. The minimum absolute atomic E-state index is 0.242. The van der Waals surface area contributed by atoms with E-state index in [4.69, 9.17) is 16.7 Å². The van der Waals surface area contributed by atoms with Crippen LogP contribution in [0.25, 0.3) is 16.9 Å². The summed E-state index contributed by atoms with van der Waals surface area (Å²) in [7, 11) is 0. The van der Waals surface area contributed by atoms with Gasteiger partial charge in [0, 0.05) is 22.7 Å². The summed E-state index contributed by atoms with van der Waals surface area (Å²) in [4.78, 5) is 0. The van der Waals surface area contributed by atoms with E-state index in [1.165, 1.54) is 12.1 Å². The topological polar surface area (TPSA) is 29.9 Å². The van der Waals surface area contributed by atoms with Gasteiger partial charge in [0.05, 0.1) is 11.4 Å². The Hall–Kier alpha value is -2.33. The molecule has 0 amide bonds. The number of anilines is 1. The maximum Gasteiger partial charge on any atom is 0.133 e. The average molecular weight is 328 g/mol. The zero-order chi connectivity index (χ0) is 16.0. The Kier molecular flexibility index (Phi) is 3.34. The molecule has 1 aliphatic heterocycles. The van der Waals surface area contributed by atoms with Crippen molar-refractivity contribution < 1.29 is 4.39 Å². The van der Waals surface area contributed by atoms with Gasteiger partial charge in [-0.3, -0.25) is 0 Å². The quantitative estimate of drug-likeness (QED) is 0.745. The summed E-state index contributed by atoms with van der Waals surface area (Å²) in [5, 5.41) is 8.85. The first-order chi connectivity index (χ1) is 11.1. The molecule has 3 nitrogen and oxygen atoms in total. The van der Waals surface area contributed by atoms with Gasteiger partial charge in [-0.1, -0.05) is 17.7 Å². The molecule has 1 N–H and O–H groups in total. The maximum absolute atomic E-state index is 13.2. The predicted molar refractivity (Wildman–Crippen MR) is 90.9 cm³/mol. The molecule has 0 spiro atoms. The van der Waals surface area contributed by atoms with Crippen LogP contribution in [0.15, 0.2) is 42.5 Å². The van der Waals surface area contributed by atoms with E-state index >= 15 is 0 Å². The fourth-order valence-corrected chi connectivity index (χ4v) is 3.09. The SMILES string of the molecule is Cc1ccc(-n2nc(-c3ccc(F)cc3)c3c2NCC3)cc1Cl. The van der Waals surface area contributed by atoms with Crippen LogP contribution >= 0.6 is 11.6 Å². The standard InChI is InChI=1S/C18H15ClFN3/c1-11-2-7-14(10-16(11)19)23-18-15(8-9-21-18)17(22-23)12-3-5-13(20)6-4-12/h2-7,10,21H,8-9H2,1H3. The van der Waals surface area contributed by atoms with Crippen LogP contribution < -0.4 is 5.32 Å². The van der Waals surface area contributed by atoms with Crippen LogP contribution in [0.3, 0.4) is 0 Å². The Morgan fingerprint density at radius 3 is 2.70 bits per heavy atom. The van der Waals surface area contributed by atoms with Crippen molar-refractivity contribution in [2.45, 2.75) is 13.3 Å². The number of benzene rings is 2. The van der Waals surface area contributed by atoms with Crippen molar-refractivity contribution in [3.05, 3.63) is 64.4 Å². The first-order valence-corrected chi connectivity index (χ1v) is 7.89. The molecule has 2 heterocycles. The van der Waals surface area contributed by atoms with Crippen molar-refractivity contribution >= 4 is 17.4 Å². The number of nitrogens with zero attached hydrogens (tertiary/aromatic N) is 2. The van der Waals surface area contributed by atoms with Gasteiger partial charge in [0.15, 0.2) is 0 Å². The van der Waals surface area contributed by atoms with E-state index < -0.39 is 0 Å².